The third kappa shape index (κ3) is 4.62. The minimum absolute atomic E-state index is 0.143. The van der Waals surface area contributed by atoms with Gasteiger partial charge in [0, 0.05) is 6.04 Å². The molecule has 4 heteroatoms. The van der Waals surface area contributed by atoms with Crippen molar-refractivity contribution in [1.82, 2.24) is 4.90 Å². The van der Waals surface area contributed by atoms with Crippen molar-refractivity contribution in [3.63, 3.8) is 0 Å². The molecule has 0 amide bonds. The molecule has 0 radical (unpaired) electrons. The normalized spacial score (nSPS) is 23.3. The minimum Gasteiger partial charge on any atom is -0.458 e. The third-order valence-corrected chi connectivity index (χ3v) is 4.62. The van der Waals surface area contributed by atoms with Crippen LogP contribution in [0.25, 0.3) is 0 Å². The Morgan fingerprint density at radius 2 is 1.86 bits per heavy atom. The Hall–Kier alpha value is -1.24. The van der Waals surface area contributed by atoms with Crippen molar-refractivity contribution in [2.24, 2.45) is 11.3 Å². The molecule has 0 aromatic rings. The van der Waals surface area contributed by atoms with Gasteiger partial charge in [-0.25, -0.2) is 4.79 Å². The highest BCUT2D eigenvalue weighted by Gasteiger charge is 2.42. The molecule has 1 aliphatic rings. The van der Waals surface area contributed by atoms with E-state index in [1.54, 1.807) is 4.90 Å². The lowest BCUT2D eigenvalue weighted by atomic mass is 9.76. The average molecular weight is 294 g/mol. The fourth-order valence-corrected chi connectivity index (χ4v) is 2.68. The molecule has 0 aromatic carbocycles. The summed E-state index contributed by atoms with van der Waals surface area (Å²) in [5, 5.41) is 9.46. The fraction of sp³-hybridized carbons (Fsp3) is 0.882. The standard InChI is InChI=1S/C17H30N2O2/c1-12(2)17(6,7)10-13-8-9-14(19(13)11-18)15(20)21-16(3,4)5/h12-14H,8-10H2,1-7H3. The Bertz CT molecular complexity index is 415. The quantitative estimate of drug-likeness (QED) is 0.586. The van der Waals surface area contributed by atoms with Gasteiger partial charge in [-0.3, -0.25) is 4.90 Å². The van der Waals surface area contributed by atoms with E-state index < -0.39 is 11.6 Å². The molecule has 0 saturated carbocycles. The smallest absolute Gasteiger partial charge is 0.330 e. The predicted octanol–water partition coefficient (Wildman–Crippen LogP) is 3.71. The van der Waals surface area contributed by atoms with Gasteiger partial charge in [0.15, 0.2) is 6.19 Å². The first-order valence-corrected chi connectivity index (χ1v) is 7.89. The van der Waals surface area contributed by atoms with Crippen LogP contribution in [-0.4, -0.2) is 28.6 Å². The second-order valence-corrected chi connectivity index (χ2v) is 8.14. The van der Waals surface area contributed by atoms with Gasteiger partial charge in [-0.05, 0) is 51.4 Å². The maximum absolute atomic E-state index is 12.3. The Morgan fingerprint density at radius 3 is 2.29 bits per heavy atom. The lowest BCUT2D eigenvalue weighted by molar-refractivity contribution is -0.159. The van der Waals surface area contributed by atoms with Crippen LogP contribution in [0.3, 0.4) is 0 Å². The fourth-order valence-electron chi connectivity index (χ4n) is 2.68. The van der Waals surface area contributed by atoms with Crippen LogP contribution < -0.4 is 0 Å². The molecule has 0 aliphatic carbocycles. The summed E-state index contributed by atoms with van der Waals surface area (Å²) < 4.78 is 5.45. The molecule has 1 fully saturated rings. The highest BCUT2D eigenvalue weighted by molar-refractivity contribution is 5.77. The Labute approximate surface area is 129 Å². The van der Waals surface area contributed by atoms with Crippen LogP contribution in [-0.2, 0) is 9.53 Å². The molecule has 0 aromatic heterocycles. The molecule has 0 spiro atoms. The van der Waals surface area contributed by atoms with Crippen molar-refractivity contribution in [2.45, 2.75) is 85.4 Å². The van der Waals surface area contributed by atoms with Crippen molar-refractivity contribution in [3.05, 3.63) is 0 Å². The van der Waals surface area contributed by atoms with Crippen LogP contribution in [0.1, 0.15) is 67.7 Å². The molecule has 1 saturated heterocycles. The number of likely N-dealkylation sites (tertiary alicyclic amines) is 1. The van der Waals surface area contributed by atoms with E-state index >= 15 is 0 Å². The number of hydrogen-bond acceptors (Lipinski definition) is 4. The van der Waals surface area contributed by atoms with Gasteiger partial charge >= 0.3 is 5.97 Å². The van der Waals surface area contributed by atoms with Gasteiger partial charge in [-0.1, -0.05) is 27.7 Å². The van der Waals surface area contributed by atoms with Crippen LogP contribution >= 0.6 is 0 Å². The number of hydrogen-bond donors (Lipinski definition) is 0. The molecule has 0 N–H and O–H groups in total. The van der Waals surface area contributed by atoms with Gasteiger partial charge in [0.2, 0.25) is 0 Å². The maximum Gasteiger partial charge on any atom is 0.330 e. The van der Waals surface area contributed by atoms with E-state index in [1.165, 1.54) is 0 Å². The van der Waals surface area contributed by atoms with Gasteiger partial charge in [0.05, 0.1) is 0 Å². The molecular formula is C17H30N2O2. The average Bonchev–Trinajstić information content (AvgIpc) is 2.68. The largest absolute Gasteiger partial charge is 0.458 e. The third-order valence-electron chi connectivity index (χ3n) is 4.62. The van der Waals surface area contributed by atoms with E-state index in [-0.39, 0.29) is 17.4 Å². The minimum atomic E-state index is -0.506. The second kappa shape index (κ2) is 6.25. The van der Waals surface area contributed by atoms with Crippen molar-refractivity contribution < 1.29 is 9.53 Å². The molecule has 4 nitrogen and oxygen atoms in total. The second-order valence-electron chi connectivity index (χ2n) is 8.14. The van der Waals surface area contributed by atoms with E-state index in [2.05, 4.69) is 33.9 Å². The van der Waals surface area contributed by atoms with E-state index in [1.807, 2.05) is 20.8 Å². The zero-order chi connectivity index (χ0) is 16.4. The number of nitrogens with zero attached hydrogens (tertiary/aromatic N) is 2. The molecule has 1 aliphatic heterocycles. The van der Waals surface area contributed by atoms with Crippen LogP contribution in [0.15, 0.2) is 0 Å². The Kier molecular flexibility index (Phi) is 5.30. The first kappa shape index (κ1) is 17.8. The summed E-state index contributed by atoms with van der Waals surface area (Å²) in [7, 11) is 0. The maximum atomic E-state index is 12.3. The van der Waals surface area contributed by atoms with Crippen molar-refractivity contribution >= 4 is 5.97 Å². The number of nitriles is 1. The zero-order valence-corrected chi connectivity index (χ0v) is 14.6. The summed E-state index contributed by atoms with van der Waals surface area (Å²) >= 11 is 0. The predicted molar refractivity (Wildman–Crippen MR) is 83.3 cm³/mol. The summed E-state index contributed by atoms with van der Waals surface area (Å²) in [6.45, 7) is 14.4. The summed E-state index contributed by atoms with van der Waals surface area (Å²) in [4.78, 5) is 13.9. The lowest BCUT2D eigenvalue weighted by Crippen LogP contribution is -2.42. The highest BCUT2D eigenvalue weighted by Crippen LogP contribution is 2.38. The van der Waals surface area contributed by atoms with E-state index in [0.29, 0.717) is 12.3 Å². The Morgan fingerprint density at radius 1 is 1.29 bits per heavy atom. The molecule has 0 bridgehead atoms. The van der Waals surface area contributed by atoms with Crippen molar-refractivity contribution in [2.75, 3.05) is 0 Å². The summed E-state index contributed by atoms with van der Waals surface area (Å²) in [6.07, 6.45) is 4.75. The lowest BCUT2D eigenvalue weighted by Gasteiger charge is -2.35. The van der Waals surface area contributed by atoms with Gasteiger partial charge in [0.25, 0.3) is 0 Å². The monoisotopic (exact) mass is 294 g/mol. The first-order chi connectivity index (χ1) is 9.48. The molecule has 2 atom stereocenters. The molecule has 21 heavy (non-hydrogen) atoms. The summed E-state index contributed by atoms with van der Waals surface area (Å²) in [5.74, 6) is 0.271. The Balaban J connectivity index is 2.78. The number of carbonyl (C=O) groups excluding carboxylic acids is 1. The van der Waals surface area contributed by atoms with E-state index in [0.717, 1.165) is 12.8 Å². The summed E-state index contributed by atoms with van der Waals surface area (Å²) in [5.41, 5.74) is -0.351. The number of ether oxygens (including phenoxy) is 1. The van der Waals surface area contributed by atoms with E-state index in [4.69, 9.17) is 4.74 Å². The van der Waals surface area contributed by atoms with Crippen molar-refractivity contribution in [3.8, 4) is 6.19 Å². The van der Waals surface area contributed by atoms with Crippen molar-refractivity contribution in [1.29, 1.82) is 5.26 Å². The van der Waals surface area contributed by atoms with E-state index in [9.17, 15) is 10.1 Å². The molecule has 120 valence electrons. The molecular weight excluding hydrogens is 264 g/mol. The molecule has 1 rings (SSSR count). The van der Waals surface area contributed by atoms with Gasteiger partial charge in [-0.2, -0.15) is 5.26 Å². The number of carbonyl (C=O) groups is 1. The van der Waals surface area contributed by atoms with Gasteiger partial charge < -0.3 is 4.74 Å². The SMILES string of the molecule is CC(C)C(C)(C)CC1CCC(C(=O)OC(C)(C)C)N1C#N. The zero-order valence-electron chi connectivity index (χ0n) is 14.6. The molecule has 2 unspecified atom stereocenters. The van der Waals surface area contributed by atoms with Crippen LogP contribution in [0.5, 0.6) is 0 Å². The highest BCUT2D eigenvalue weighted by atomic mass is 16.6. The van der Waals surface area contributed by atoms with Gasteiger partial charge in [0.1, 0.15) is 11.6 Å². The van der Waals surface area contributed by atoms with Crippen LogP contribution in [0, 0.1) is 22.8 Å². The molecule has 1 heterocycles. The topological polar surface area (TPSA) is 53.3 Å². The van der Waals surface area contributed by atoms with Gasteiger partial charge in [-0.15, -0.1) is 0 Å². The van der Waals surface area contributed by atoms with Crippen LogP contribution in [0.2, 0.25) is 0 Å². The van der Waals surface area contributed by atoms with Crippen LogP contribution in [0.4, 0.5) is 0 Å². The first-order valence-electron chi connectivity index (χ1n) is 7.89. The number of esters is 1. The number of rotatable bonds is 4. The summed E-state index contributed by atoms with van der Waals surface area (Å²) in [6, 6.07) is -0.271.